The van der Waals surface area contributed by atoms with Crippen molar-refractivity contribution >= 4 is 11.9 Å². The first-order valence-corrected chi connectivity index (χ1v) is 5.09. The van der Waals surface area contributed by atoms with Crippen molar-refractivity contribution in [3.63, 3.8) is 0 Å². The first-order chi connectivity index (χ1) is 7.16. The van der Waals surface area contributed by atoms with Gasteiger partial charge in [-0.15, -0.1) is 0 Å². The van der Waals surface area contributed by atoms with Crippen molar-refractivity contribution in [2.24, 2.45) is 0 Å². The fourth-order valence-corrected chi connectivity index (χ4v) is 1.11. The summed E-state index contributed by atoms with van der Waals surface area (Å²) in [4.78, 5) is 21.0. The van der Waals surface area contributed by atoms with Gasteiger partial charge in [0.15, 0.2) is 0 Å². The molecule has 2 N–H and O–H groups in total. The Morgan fingerprint density at radius 3 is 2.47 bits per heavy atom. The Balaban J connectivity index is 3.20. The lowest BCUT2D eigenvalue weighted by Crippen LogP contribution is -2.22. The van der Waals surface area contributed by atoms with E-state index >= 15 is 0 Å². The van der Waals surface area contributed by atoms with Gasteiger partial charge in [0.25, 0.3) is 5.91 Å². The molecule has 0 aliphatic rings. The number of amides is 1. The molecule has 0 rings (SSSR count). The zero-order chi connectivity index (χ0) is 11.5. The standard InChI is InChI=1S/C11H17NO3/c1-2-7-10(13)12-9-6-4-3-5-8-11(14)15/h3-6,8-9H2,1H3,(H,12,13)(H,14,15). The molecule has 0 unspecified atom stereocenters. The van der Waals surface area contributed by atoms with Crippen LogP contribution in [0.15, 0.2) is 0 Å². The van der Waals surface area contributed by atoms with Crippen molar-refractivity contribution in [1.82, 2.24) is 5.32 Å². The van der Waals surface area contributed by atoms with Crippen LogP contribution < -0.4 is 5.32 Å². The van der Waals surface area contributed by atoms with Crippen LogP contribution in [0.5, 0.6) is 0 Å². The summed E-state index contributed by atoms with van der Waals surface area (Å²) in [6.45, 7) is 2.23. The maximum Gasteiger partial charge on any atom is 0.303 e. The molecule has 0 saturated carbocycles. The van der Waals surface area contributed by atoms with Crippen molar-refractivity contribution in [2.45, 2.75) is 39.0 Å². The Hall–Kier alpha value is -1.50. The van der Waals surface area contributed by atoms with E-state index in [1.165, 1.54) is 0 Å². The van der Waals surface area contributed by atoms with E-state index < -0.39 is 5.97 Å². The average molecular weight is 211 g/mol. The Kier molecular flexibility index (Phi) is 8.16. The van der Waals surface area contributed by atoms with E-state index in [4.69, 9.17) is 5.11 Å². The topological polar surface area (TPSA) is 66.4 Å². The van der Waals surface area contributed by atoms with Crippen LogP contribution in [0.3, 0.4) is 0 Å². The number of carboxylic acids is 1. The number of unbranched alkanes of at least 4 members (excludes halogenated alkanes) is 3. The van der Waals surface area contributed by atoms with Crippen LogP contribution in [0.25, 0.3) is 0 Å². The fourth-order valence-electron chi connectivity index (χ4n) is 1.11. The van der Waals surface area contributed by atoms with Crippen molar-refractivity contribution < 1.29 is 14.7 Å². The van der Waals surface area contributed by atoms with Crippen LogP contribution in [0.2, 0.25) is 0 Å². The summed E-state index contributed by atoms with van der Waals surface area (Å²) in [5.41, 5.74) is 0. The SMILES string of the molecule is CC#CC(=O)NCCCCCCC(=O)O. The predicted molar refractivity (Wildman–Crippen MR) is 57.2 cm³/mol. The number of carbonyl (C=O) groups excluding carboxylic acids is 1. The maximum absolute atomic E-state index is 10.9. The summed E-state index contributed by atoms with van der Waals surface area (Å²) in [5.74, 6) is 3.90. The van der Waals surface area contributed by atoms with Gasteiger partial charge in [0.05, 0.1) is 0 Å². The fraction of sp³-hybridized carbons (Fsp3) is 0.636. The van der Waals surface area contributed by atoms with Gasteiger partial charge in [-0.3, -0.25) is 9.59 Å². The van der Waals surface area contributed by atoms with E-state index in [-0.39, 0.29) is 12.3 Å². The maximum atomic E-state index is 10.9. The third-order valence-corrected chi connectivity index (χ3v) is 1.84. The van der Waals surface area contributed by atoms with Gasteiger partial charge in [-0.05, 0) is 25.7 Å². The molecule has 4 nitrogen and oxygen atoms in total. The summed E-state index contributed by atoms with van der Waals surface area (Å²) >= 11 is 0. The molecule has 0 bridgehead atoms. The van der Waals surface area contributed by atoms with Crippen molar-refractivity contribution in [3.8, 4) is 11.8 Å². The van der Waals surface area contributed by atoms with Gasteiger partial charge in [0.1, 0.15) is 0 Å². The number of carboxylic acid groups (broad SMARTS) is 1. The number of carbonyl (C=O) groups is 2. The zero-order valence-electron chi connectivity index (χ0n) is 9.01. The Morgan fingerprint density at radius 1 is 1.20 bits per heavy atom. The smallest absolute Gasteiger partial charge is 0.303 e. The predicted octanol–water partition coefficient (Wildman–Crippen LogP) is 1.16. The van der Waals surface area contributed by atoms with Crippen molar-refractivity contribution in [1.29, 1.82) is 0 Å². The molecule has 0 aromatic heterocycles. The molecule has 4 heteroatoms. The number of hydrogen-bond acceptors (Lipinski definition) is 2. The minimum Gasteiger partial charge on any atom is -0.481 e. The highest BCUT2D eigenvalue weighted by molar-refractivity contribution is 5.93. The summed E-state index contributed by atoms with van der Waals surface area (Å²) in [6, 6.07) is 0. The third kappa shape index (κ3) is 10.4. The average Bonchev–Trinajstić information content (AvgIpc) is 2.16. The highest BCUT2D eigenvalue weighted by atomic mass is 16.4. The second kappa shape index (κ2) is 9.07. The molecular weight excluding hydrogens is 194 g/mol. The van der Waals surface area contributed by atoms with Crippen molar-refractivity contribution in [3.05, 3.63) is 0 Å². The summed E-state index contributed by atoms with van der Waals surface area (Å²) < 4.78 is 0. The van der Waals surface area contributed by atoms with Gasteiger partial charge in [-0.25, -0.2) is 0 Å². The molecule has 15 heavy (non-hydrogen) atoms. The van der Waals surface area contributed by atoms with E-state index in [2.05, 4.69) is 17.2 Å². The molecule has 0 fully saturated rings. The Labute approximate surface area is 90.1 Å². The second-order valence-corrected chi connectivity index (χ2v) is 3.19. The van der Waals surface area contributed by atoms with Gasteiger partial charge < -0.3 is 10.4 Å². The lowest BCUT2D eigenvalue weighted by molar-refractivity contribution is -0.137. The molecule has 0 aromatic rings. The van der Waals surface area contributed by atoms with E-state index in [1.54, 1.807) is 6.92 Å². The molecule has 1 amide bonds. The van der Waals surface area contributed by atoms with E-state index in [0.29, 0.717) is 13.0 Å². The number of rotatable bonds is 7. The van der Waals surface area contributed by atoms with Gasteiger partial charge in [-0.2, -0.15) is 0 Å². The largest absolute Gasteiger partial charge is 0.481 e. The molecule has 84 valence electrons. The van der Waals surface area contributed by atoms with Crippen LogP contribution in [-0.4, -0.2) is 23.5 Å². The third-order valence-electron chi connectivity index (χ3n) is 1.84. The monoisotopic (exact) mass is 211 g/mol. The number of aliphatic carboxylic acids is 1. The molecule has 0 spiro atoms. The van der Waals surface area contributed by atoms with Crippen molar-refractivity contribution in [2.75, 3.05) is 6.54 Å². The van der Waals surface area contributed by atoms with E-state index in [0.717, 1.165) is 19.3 Å². The van der Waals surface area contributed by atoms with Gasteiger partial charge in [-0.1, -0.05) is 18.8 Å². The lowest BCUT2D eigenvalue weighted by atomic mass is 10.1. The normalized spacial score (nSPS) is 8.87. The summed E-state index contributed by atoms with van der Waals surface area (Å²) in [5, 5.41) is 11.0. The number of nitrogens with one attached hydrogen (secondary N) is 1. The van der Waals surface area contributed by atoms with Gasteiger partial charge >= 0.3 is 5.97 Å². The first kappa shape index (κ1) is 13.5. The molecule has 0 aliphatic heterocycles. The molecule has 0 atom stereocenters. The minimum absolute atomic E-state index is 0.230. The van der Waals surface area contributed by atoms with Crippen LogP contribution in [0, 0.1) is 11.8 Å². The van der Waals surface area contributed by atoms with E-state index in [1.807, 2.05) is 0 Å². The molecule has 0 aromatic carbocycles. The quantitative estimate of drug-likeness (QED) is 0.490. The van der Waals surface area contributed by atoms with Crippen LogP contribution in [0.4, 0.5) is 0 Å². The molecule has 0 heterocycles. The van der Waals surface area contributed by atoms with Gasteiger partial charge in [0, 0.05) is 13.0 Å². The Bertz CT molecular complexity index is 263. The van der Waals surface area contributed by atoms with Gasteiger partial charge in [0.2, 0.25) is 0 Å². The van der Waals surface area contributed by atoms with Crippen LogP contribution in [-0.2, 0) is 9.59 Å². The van der Waals surface area contributed by atoms with Crippen LogP contribution >= 0.6 is 0 Å². The summed E-state index contributed by atoms with van der Waals surface area (Å²) in [6.07, 6.45) is 3.64. The second-order valence-electron chi connectivity index (χ2n) is 3.19. The Morgan fingerprint density at radius 2 is 1.87 bits per heavy atom. The highest BCUT2D eigenvalue weighted by Crippen LogP contribution is 2.01. The molecular formula is C11H17NO3. The lowest BCUT2D eigenvalue weighted by Gasteiger charge is -2.00. The molecule has 0 radical (unpaired) electrons. The first-order valence-electron chi connectivity index (χ1n) is 5.09. The molecule has 0 saturated heterocycles. The van der Waals surface area contributed by atoms with Crippen LogP contribution in [0.1, 0.15) is 39.0 Å². The number of hydrogen-bond donors (Lipinski definition) is 2. The zero-order valence-corrected chi connectivity index (χ0v) is 9.01. The van der Waals surface area contributed by atoms with E-state index in [9.17, 15) is 9.59 Å². The summed E-state index contributed by atoms with van der Waals surface area (Å²) in [7, 11) is 0. The minimum atomic E-state index is -0.749. The highest BCUT2D eigenvalue weighted by Gasteiger charge is 1.97. The molecule has 0 aliphatic carbocycles.